The van der Waals surface area contributed by atoms with Crippen LogP contribution in [-0.2, 0) is 0 Å². The second kappa shape index (κ2) is 7.61. The summed E-state index contributed by atoms with van der Waals surface area (Å²) >= 11 is 0. The summed E-state index contributed by atoms with van der Waals surface area (Å²) in [5, 5.41) is 11.8. The van der Waals surface area contributed by atoms with E-state index in [0.29, 0.717) is 6.04 Å². The van der Waals surface area contributed by atoms with Crippen molar-refractivity contribution in [3.05, 3.63) is 60.7 Å². The summed E-state index contributed by atoms with van der Waals surface area (Å²) in [5.74, 6) is 0.829. The normalized spacial score (nSPS) is 16.6. The van der Waals surface area contributed by atoms with Crippen molar-refractivity contribution >= 4 is 5.95 Å². The van der Waals surface area contributed by atoms with E-state index in [2.05, 4.69) is 55.6 Å². The summed E-state index contributed by atoms with van der Waals surface area (Å²) in [6, 6.07) is 10.9. The van der Waals surface area contributed by atoms with Crippen LogP contribution in [0, 0.1) is 0 Å². The van der Waals surface area contributed by atoms with Crippen molar-refractivity contribution in [3.63, 3.8) is 0 Å². The van der Waals surface area contributed by atoms with Gasteiger partial charge in [-0.05, 0) is 37.5 Å². The molecule has 7 heteroatoms. The topological polar surface area (TPSA) is 71.8 Å². The molecular weight excluding hydrogens is 326 g/mol. The van der Waals surface area contributed by atoms with Crippen LogP contribution in [0.2, 0.25) is 0 Å². The highest BCUT2D eigenvalue weighted by molar-refractivity contribution is 5.42. The van der Waals surface area contributed by atoms with Gasteiger partial charge in [-0.1, -0.05) is 23.4 Å². The van der Waals surface area contributed by atoms with E-state index in [9.17, 15) is 0 Å². The summed E-state index contributed by atoms with van der Waals surface area (Å²) in [7, 11) is 0. The van der Waals surface area contributed by atoms with Crippen molar-refractivity contribution in [2.24, 2.45) is 0 Å². The van der Waals surface area contributed by atoms with Crippen molar-refractivity contribution in [3.8, 4) is 5.69 Å². The number of anilines is 1. The minimum atomic E-state index is 0.236. The molecule has 0 saturated carbocycles. The summed E-state index contributed by atoms with van der Waals surface area (Å²) in [4.78, 5) is 11.0. The van der Waals surface area contributed by atoms with Gasteiger partial charge < -0.3 is 10.2 Å². The molecule has 0 spiro atoms. The van der Waals surface area contributed by atoms with Crippen molar-refractivity contribution < 1.29 is 0 Å². The average Bonchev–Trinajstić information content (AvgIpc) is 3.24. The van der Waals surface area contributed by atoms with E-state index < -0.39 is 0 Å². The fourth-order valence-electron chi connectivity index (χ4n) is 3.54. The van der Waals surface area contributed by atoms with E-state index in [1.807, 2.05) is 23.0 Å². The highest BCUT2D eigenvalue weighted by atomic mass is 15.4. The Labute approximate surface area is 153 Å². The van der Waals surface area contributed by atoms with E-state index in [4.69, 9.17) is 0 Å². The highest BCUT2D eigenvalue weighted by Gasteiger charge is 2.23. The number of nitrogens with zero attached hydrogens (tertiary/aromatic N) is 6. The van der Waals surface area contributed by atoms with Crippen LogP contribution < -0.4 is 10.2 Å². The molecule has 1 aromatic carbocycles. The van der Waals surface area contributed by atoms with Gasteiger partial charge in [0.25, 0.3) is 0 Å². The van der Waals surface area contributed by atoms with Crippen molar-refractivity contribution in [1.29, 1.82) is 0 Å². The fourth-order valence-corrected chi connectivity index (χ4v) is 3.54. The van der Waals surface area contributed by atoms with Crippen LogP contribution in [-0.4, -0.2) is 44.1 Å². The standard InChI is InChI=1S/C19H23N7/c1-15(17-5-2-3-6-18(17)26-14-11-22-24-26)23-16-7-12-25(13-8-16)19-20-9-4-10-21-19/h2-6,9-11,14-16,23H,7-8,12-13H2,1H3. The first-order valence-corrected chi connectivity index (χ1v) is 9.05. The predicted octanol–water partition coefficient (Wildman–Crippen LogP) is 2.38. The van der Waals surface area contributed by atoms with Gasteiger partial charge >= 0.3 is 0 Å². The zero-order valence-corrected chi connectivity index (χ0v) is 14.9. The van der Waals surface area contributed by atoms with E-state index in [0.717, 1.165) is 37.6 Å². The first kappa shape index (κ1) is 16.7. The Hall–Kier alpha value is -2.80. The third-order valence-corrected chi connectivity index (χ3v) is 4.89. The fraction of sp³-hybridized carbons (Fsp3) is 0.368. The second-order valence-corrected chi connectivity index (χ2v) is 6.60. The molecule has 26 heavy (non-hydrogen) atoms. The number of hydrogen-bond donors (Lipinski definition) is 1. The molecule has 7 nitrogen and oxygen atoms in total. The van der Waals surface area contributed by atoms with E-state index >= 15 is 0 Å². The van der Waals surface area contributed by atoms with Crippen molar-refractivity contribution in [2.75, 3.05) is 18.0 Å². The SMILES string of the molecule is CC(NC1CCN(c2ncccn2)CC1)c1ccccc1-n1ccnn1. The first-order chi connectivity index (χ1) is 12.8. The monoisotopic (exact) mass is 349 g/mol. The third kappa shape index (κ3) is 3.57. The molecule has 1 atom stereocenters. The minimum Gasteiger partial charge on any atom is -0.341 e. The van der Waals surface area contributed by atoms with Crippen LogP contribution in [0.5, 0.6) is 0 Å². The van der Waals surface area contributed by atoms with Gasteiger partial charge in [0.2, 0.25) is 5.95 Å². The third-order valence-electron chi connectivity index (χ3n) is 4.89. The number of para-hydroxylation sites is 1. The maximum atomic E-state index is 4.35. The molecule has 1 aliphatic heterocycles. The van der Waals surface area contributed by atoms with Crippen LogP contribution in [0.4, 0.5) is 5.95 Å². The quantitative estimate of drug-likeness (QED) is 0.762. The highest BCUT2D eigenvalue weighted by Crippen LogP contribution is 2.23. The molecule has 0 amide bonds. The van der Waals surface area contributed by atoms with E-state index in [1.54, 1.807) is 18.6 Å². The van der Waals surface area contributed by atoms with Gasteiger partial charge in [-0.3, -0.25) is 0 Å². The Morgan fingerprint density at radius 1 is 1.04 bits per heavy atom. The Balaban J connectivity index is 1.40. The smallest absolute Gasteiger partial charge is 0.225 e. The Morgan fingerprint density at radius 2 is 1.81 bits per heavy atom. The molecule has 1 saturated heterocycles. The van der Waals surface area contributed by atoms with E-state index in [1.165, 1.54) is 5.56 Å². The number of nitrogens with one attached hydrogen (secondary N) is 1. The second-order valence-electron chi connectivity index (χ2n) is 6.60. The molecule has 1 N–H and O–H groups in total. The predicted molar refractivity (Wildman–Crippen MR) is 100 cm³/mol. The molecular formula is C19H23N7. The molecule has 0 radical (unpaired) electrons. The number of hydrogen-bond acceptors (Lipinski definition) is 6. The zero-order chi connectivity index (χ0) is 17.8. The van der Waals surface area contributed by atoms with Gasteiger partial charge in [0.05, 0.1) is 18.1 Å². The lowest BCUT2D eigenvalue weighted by atomic mass is 10.0. The molecule has 2 aromatic heterocycles. The summed E-state index contributed by atoms with van der Waals surface area (Å²) in [6.07, 6.45) is 9.34. The molecule has 0 bridgehead atoms. The largest absolute Gasteiger partial charge is 0.341 e. The first-order valence-electron chi connectivity index (χ1n) is 9.05. The average molecular weight is 349 g/mol. The van der Waals surface area contributed by atoms with Crippen molar-refractivity contribution in [1.82, 2.24) is 30.3 Å². The van der Waals surface area contributed by atoms with Gasteiger partial charge in [0, 0.05) is 37.6 Å². The summed E-state index contributed by atoms with van der Waals surface area (Å²) in [5.41, 5.74) is 2.30. The van der Waals surface area contributed by atoms with Crippen LogP contribution in [0.25, 0.3) is 5.69 Å². The minimum absolute atomic E-state index is 0.236. The Kier molecular flexibility index (Phi) is 4.88. The Morgan fingerprint density at radius 3 is 2.54 bits per heavy atom. The number of piperidine rings is 1. The molecule has 1 unspecified atom stereocenters. The molecule has 134 valence electrons. The molecule has 3 heterocycles. The lowest BCUT2D eigenvalue weighted by molar-refractivity contribution is 0.378. The summed E-state index contributed by atoms with van der Waals surface area (Å²) < 4.78 is 1.82. The molecule has 1 fully saturated rings. The molecule has 1 aliphatic rings. The van der Waals surface area contributed by atoms with Gasteiger partial charge in [-0.25, -0.2) is 14.6 Å². The molecule has 3 aromatic rings. The number of benzene rings is 1. The van der Waals surface area contributed by atoms with Gasteiger partial charge in [-0.15, -0.1) is 5.10 Å². The van der Waals surface area contributed by atoms with Crippen LogP contribution in [0.1, 0.15) is 31.4 Å². The molecule has 0 aliphatic carbocycles. The number of aromatic nitrogens is 5. The van der Waals surface area contributed by atoms with E-state index in [-0.39, 0.29) is 6.04 Å². The van der Waals surface area contributed by atoms with Gasteiger partial charge in [0.15, 0.2) is 0 Å². The van der Waals surface area contributed by atoms with Crippen LogP contribution in [0.15, 0.2) is 55.1 Å². The lowest BCUT2D eigenvalue weighted by Crippen LogP contribution is -2.44. The van der Waals surface area contributed by atoms with Crippen LogP contribution >= 0.6 is 0 Å². The Bertz CT molecular complexity index is 811. The van der Waals surface area contributed by atoms with Gasteiger partial charge in [-0.2, -0.15) is 0 Å². The van der Waals surface area contributed by atoms with Crippen molar-refractivity contribution in [2.45, 2.75) is 31.8 Å². The number of rotatable bonds is 5. The maximum Gasteiger partial charge on any atom is 0.225 e. The van der Waals surface area contributed by atoms with Gasteiger partial charge in [0.1, 0.15) is 0 Å². The molecule has 4 rings (SSSR count). The summed E-state index contributed by atoms with van der Waals surface area (Å²) in [6.45, 7) is 4.15. The van der Waals surface area contributed by atoms with Crippen LogP contribution in [0.3, 0.4) is 0 Å². The maximum absolute atomic E-state index is 4.35. The zero-order valence-electron chi connectivity index (χ0n) is 14.9. The lowest BCUT2D eigenvalue weighted by Gasteiger charge is -2.34.